The molecule has 112 valence electrons. The highest BCUT2D eigenvalue weighted by Crippen LogP contribution is 2.33. The van der Waals surface area contributed by atoms with Crippen molar-refractivity contribution in [2.45, 2.75) is 58.7 Å². The third kappa shape index (κ3) is 2.45. The molecule has 2 aliphatic rings. The van der Waals surface area contributed by atoms with Gasteiger partial charge >= 0.3 is 7.12 Å². The Hall–Kier alpha value is -1.13. The lowest BCUT2D eigenvalue weighted by Crippen LogP contribution is -2.39. The summed E-state index contributed by atoms with van der Waals surface area (Å²) in [6, 6.07) is 3.99. The minimum atomic E-state index is -0.416. The molecular weight excluding hydrogens is 263 g/mol. The Morgan fingerprint density at radius 1 is 1.33 bits per heavy atom. The number of hydrogen-bond acceptors (Lipinski definition) is 3. The van der Waals surface area contributed by atoms with E-state index in [1.54, 1.807) is 0 Å². The molecule has 0 bridgehead atoms. The quantitative estimate of drug-likeness (QED) is 0.632. The Labute approximate surface area is 127 Å². The average molecular weight is 286 g/mol. The molecule has 0 amide bonds. The van der Waals surface area contributed by atoms with Gasteiger partial charge in [-0.1, -0.05) is 26.0 Å². The summed E-state index contributed by atoms with van der Waals surface area (Å²) in [7, 11) is -0.416. The van der Waals surface area contributed by atoms with Crippen molar-refractivity contribution >= 4 is 18.9 Å². The summed E-state index contributed by atoms with van der Waals surface area (Å²) in [6.07, 6.45) is 4.22. The van der Waals surface area contributed by atoms with Gasteiger partial charge in [-0.25, -0.2) is 0 Å². The van der Waals surface area contributed by atoms with Crippen molar-refractivity contribution < 1.29 is 14.1 Å². The topological polar surface area (TPSA) is 35.5 Å². The van der Waals surface area contributed by atoms with Crippen molar-refractivity contribution in [2.24, 2.45) is 5.92 Å². The molecule has 3 rings (SSSR count). The van der Waals surface area contributed by atoms with Crippen molar-refractivity contribution in [1.82, 2.24) is 0 Å². The number of hydrogen-bond donors (Lipinski definition) is 0. The van der Waals surface area contributed by atoms with Crippen molar-refractivity contribution in [2.75, 3.05) is 0 Å². The van der Waals surface area contributed by atoms with Crippen LogP contribution in [-0.2, 0) is 22.2 Å². The predicted molar refractivity (Wildman–Crippen MR) is 84.1 cm³/mol. The van der Waals surface area contributed by atoms with Gasteiger partial charge in [0.1, 0.15) is 6.29 Å². The maximum atomic E-state index is 11.4. The maximum Gasteiger partial charge on any atom is 0.495 e. The van der Waals surface area contributed by atoms with Gasteiger partial charge < -0.3 is 9.31 Å². The number of carbonyl (C=O) groups excluding carboxylic acids is 1. The molecule has 1 aromatic carbocycles. The Kier molecular flexibility index (Phi) is 3.70. The van der Waals surface area contributed by atoms with E-state index in [9.17, 15) is 4.79 Å². The molecule has 1 fully saturated rings. The highest BCUT2D eigenvalue weighted by molar-refractivity contribution is 6.64. The fraction of sp³-hybridized carbons (Fsp3) is 0.588. The summed E-state index contributed by atoms with van der Waals surface area (Å²) in [4.78, 5) is 11.4. The van der Waals surface area contributed by atoms with E-state index in [0.29, 0.717) is 11.5 Å². The first-order valence-electron chi connectivity index (χ1n) is 7.87. The highest BCUT2D eigenvalue weighted by Gasteiger charge is 2.49. The van der Waals surface area contributed by atoms with E-state index in [-0.39, 0.29) is 11.7 Å². The molecule has 0 saturated carbocycles. The zero-order chi connectivity index (χ0) is 15.2. The van der Waals surface area contributed by atoms with Gasteiger partial charge in [-0.2, -0.15) is 0 Å². The molecule has 1 atom stereocenters. The summed E-state index contributed by atoms with van der Waals surface area (Å²) in [5, 5.41) is 0. The first-order chi connectivity index (χ1) is 9.94. The zero-order valence-corrected chi connectivity index (χ0v) is 13.3. The predicted octanol–water partition coefficient (Wildman–Crippen LogP) is 2.53. The fourth-order valence-corrected chi connectivity index (χ4v) is 3.85. The Bertz CT molecular complexity index is 565. The molecular formula is C17H23BO3. The molecule has 0 radical (unpaired) electrons. The molecule has 0 spiro atoms. The van der Waals surface area contributed by atoms with Gasteiger partial charge in [-0.15, -0.1) is 0 Å². The van der Waals surface area contributed by atoms with E-state index < -0.39 is 7.12 Å². The second kappa shape index (κ2) is 5.26. The van der Waals surface area contributed by atoms with Crippen LogP contribution in [-0.4, -0.2) is 25.1 Å². The number of fused-ring (bicyclic) bond motifs is 1. The Balaban J connectivity index is 2.02. The Morgan fingerprint density at radius 2 is 2.10 bits per heavy atom. The molecule has 3 nitrogen and oxygen atoms in total. The summed E-state index contributed by atoms with van der Waals surface area (Å²) < 4.78 is 12.4. The van der Waals surface area contributed by atoms with Crippen LogP contribution in [0.25, 0.3) is 0 Å². The van der Waals surface area contributed by atoms with Crippen molar-refractivity contribution in [3.05, 3.63) is 28.8 Å². The largest absolute Gasteiger partial charge is 0.495 e. The van der Waals surface area contributed by atoms with Crippen LogP contribution in [0.5, 0.6) is 0 Å². The molecule has 21 heavy (non-hydrogen) atoms. The maximum absolute atomic E-state index is 11.4. The lowest BCUT2D eigenvalue weighted by atomic mass is 9.72. The highest BCUT2D eigenvalue weighted by atomic mass is 16.7. The van der Waals surface area contributed by atoms with E-state index in [1.807, 2.05) is 6.07 Å². The number of benzene rings is 1. The first-order valence-corrected chi connectivity index (χ1v) is 7.87. The molecule has 0 aromatic heterocycles. The molecule has 1 aliphatic heterocycles. The fourth-order valence-electron chi connectivity index (χ4n) is 3.85. The summed E-state index contributed by atoms with van der Waals surface area (Å²) in [5.74, 6) is 0.376. The molecule has 1 aliphatic carbocycles. The zero-order valence-electron chi connectivity index (χ0n) is 13.3. The summed E-state index contributed by atoms with van der Waals surface area (Å²) in [5.41, 5.74) is 3.95. The van der Waals surface area contributed by atoms with E-state index in [0.717, 1.165) is 31.0 Å². The molecule has 0 N–H and O–H groups in total. The van der Waals surface area contributed by atoms with Crippen LogP contribution in [0.15, 0.2) is 12.1 Å². The van der Waals surface area contributed by atoms with Gasteiger partial charge in [0.25, 0.3) is 0 Å². The lowest BCUT2D eigenvalue weighted by Gasteiger charge is -2.28. The van der Waals surface area contributed by atoms with Gasteiger partial charge in [-0.3, -0.25) is 4.79 Å². The minimum absolute atomic E-state index is 0.0410. The van der Waals surface area contributed by atoms with Gasteiger partial charge in [0.15, 0.2) is 0 Å². The summed E-state index contributed by atoms with van der Waals surface area (Å²) >= 11 is 0. The van der Waals surface area contributed by atoms with E-state index >= 15 is 0 Å². The summed E-state index contributed by atoms with van der Waals surface area (Å²) in [6.45, 7) is 8.44. The van der Waals surface area contributed by atoms with Crippen LogP contribution in [0, 0.1) is 5.92 Å². The van der Waals surface area contributed by atoms with E-state index in [4.69, 9.17) is 9.31 Å². The van der Waals surface area contributed by atoms with Gasteiger partial charge in [-0.05, 0) is 55.6 Å². The second-order valence-corrected chi connectivity index (χ2v) is 7.03. The van der Waals surface area contributed by atoms with Crippen LogP contribution in [0.1, 0.15) is 55.6 Å². The monoisotopic (exact) mass is 286 g/mol. The third-order valence-corrected chi connectivity index (χ3v) is 4.70. The van der Waals surface area contributed by atoms with Crippen LogP contribution < -0.4 is 5.46 Å². The SMILES string of the molecule is CC(C)C1OB(c2c(C=O)ccc3c2CCC3)OC1(C)C. The first kappa shape index (κ1) is 14.8. The number of carbonyl (C=O) groups is 1. The van der Waals surface area contributed by atoms with Gasteiger partial charge in [0.2, 0.25) is 0 Å². The third-order valence-electron chi connectivity index (χ3n) is 4.70. The average Bonchev–Trinajstić information content (AvgIpc) is 3.00. The van der Waals surface area contributed by atoms with Crippen LogP contribution in [0.3, 0.4) is 0 Å². The van der Waals surface area contributed by atoms with E-state index in [1.165, 1.54) is 11.1 Å². The molecule has 1 heterocycles. The smallest absolute Gasteiger partial charge is 0.401 e. The van der Waals surface area contributed by atoms with Gasteiger partial charge in [0.05, 0.1) is 11.7 Å². The van der Waals surface area contributed by atoms with Crippen molar-refractivity contribution in [3.63, 3.8) is 0 Å². The van der Waals surface area contributed by atoms with Crippen molar-refractivity contribution in [1.29, 1.82) is 0 Å². The Morgan fingerprint density at radius 3 is 2.71 bits per heavy atom. The van der Waals surface area contributed by atoms with E-state index in [2.05, 4.69) is 33.8 Å². The lowest BCUT2D eigenvalue weighted by molar-refractivity contribution is 0.0438. The minimum Gasteiger partial charge on any atom is -0.401 e. The second-order valence-electron chi connectivity index (χ2n) is 7.03. The van der Waals surface area contributed by atoms with Crippen LogP contribution in [0.4, 0.5) is 0 Å². The van der Waals surface area contributed by atoms with Crippen molar-refractivity contribution in [3.8, 4) is 0 Å². The number of aryl methyl sites for hydroxylation is 1. The van der Waals surface area contributed by atoms with Crippen LogP contribution >= 0.6 is 0 Å². The van der Waals surface area contributed by atoms with Crippen LogP contribution in [0.2, 0.25) is 0 Å². The van der Waals surface area contributed by atoms with Gasteiger partial charge in [0, 0.05) is 5.56 Å². The molecule has 4 heteroatoms. The molecule has 1 unspecified atom stereocenters. The number of aldehydes is 1. The standard InChI is InChI=1S/C17H23BO3/c1-11(2)16-17(3,4)21-18(20-16)15-13(10-19)9-8-12-6-5-7-14(12)15/h8-11,16H,5-7H2,1-4H3. The number of rotatable bonds is 3. The normalized spacial score (nSPS) is 23.7. The molecule has 1 saturated heterocycles. The molecule has 1 aromatic rings.